The predicted octanol–water partition coefficient (Wildman–Crippen LogP) is 3.44. The highest BCUT2D eigenvalue weighted by molar-refractivity contribution is 5.91. The normalized spacial score (nSPS) is 15.9. The number of likely N-dealkylation sites (N-methyl/N-ethyl adjacent to an activating group) is 1. The molecule has 1 unspecified atom stereocenters. The van der Waals surface area contributed by atoms with E-state index in [4.69, 9.17) is 10.00 Å². The predicted molar refractivity (Wildman–Crippen MR) is 120 cm³/mol. The molecule has 0 aromatic heterocycles. The van der Waals surface area contributed by atoms with Crippen LogP contribution in [0.4, 0.5) is 29.3 Å². The molecule has 0 saturated carbocycles. The Morgan fingerprint density at radius 3 is 2.47 bits per heavy atom. The smallest absolute Gasteiger partial charge is 0.417 e. The molecule has 0 bridgehead atoms. The molecular formula is C23H24F3N5O3. The lowest BCUT2D eigenvalue weighted by Gasteiger charge is -2.41. The maximum atomic E-state index is 13.4. The van der Waals surface area contributed by atoms with Gasteiger partial charge < -0.3 is 25.2 Å². The van der Waals surface area contributed by atoms with E-state index in [0.717, 1.165) is 12.1 Å². The number of rotatable bonds is 5. The summed E-state index contributed by atoms with van der Waals surface area (Å²) in [5.41, 5.74) is -0.888. The average Bonchev–Trinajstić information content (AvgIpc) is 2.83. The fraction of sp³-hybridized carbons (Fsp3) is 0.348. The summed E-state index contributed by atoms with van der Waals surface area (Å²) in [6.45, 7) is 2.64. The SMILES string of the molecule is CCOc1ccc(NC(=O)N2CCN(c3ccc(C#N)c(C(F)(F)F)c3)C(C(=O)NC)C2)cc1. The molecule has 1 aliphatic rings. The average molecular weight is 475 g/mol. The number of piperazine rings is 1. The highest BCUT2D eigenvalue weighted by atomic mass is 19.4. The molecule has 2 N–H and O–H groups in total. The topological polar surface area (TPSA) is 97.7 Å². The first kappa shape index (κ1) is 24.7. The van der Waals surface area contributed by atoms with Gasteiger partial charge in [0.2, 0.25) is 5.91 Å². The van der Waals surface area contributed by atoms with Gasteiger partial charge in [0, 0.05) is 31.5 Å². The van der Waals surface area contributed by atoms with Gasteiger partial charge in [0.05, 0.1) is 30.3 Å². The third kappa shape index (κ3) is 5.51. The Hall–Kier alpha value is -3.94. The number of nitrogens with zero attached hydrogens (tertiary/aromatic N) is 3. The fourth-order valence-electron chi connectivity index (χ4n) is 3.71. The van der Waals surface area contributed by atoms with Crippen LogP contribution < -0.4 is 20.3 Å². The summed E-state index contributed by atoms with van der Waals surface area (Å²) < 4.78 is 45.7. The second-order valence-electron chi connectivity index (χ2n) is 7.50. The first-order valence-electron chi connectivity index (χ1n) is 10.6. The molecule has 2 aromatic rings. The van der Waals surface area contributed by atoms with E-state index in [1.807, 2.05) is 6.92 Å². The van der Waals surface area contributed by atoms with E-state index in [-0.39, 0.29) is 25.3 Å². The van der Waals surface area contributed by atoms with Gasteiger partial charge in [-0.05, 0) is 49.4 Å². The first-order chi connectivity index (χ1) is 16.2. The molecule has 11 heteroatoms. The third-order valence-corrected chi connectivity index (χ3v) is 5.39. The van der Waals surface area contributed by atoms with E-state index in [2.05, 4.69) is 10.6 Å². The van der Waals surface area contributed by atoms with Gasteiger partial charge in [0.25, 0.3) is 0 Å². The number of carbonyl (C=O) groups is 2. The van der Waals surface area contributed by atoms with Crippen LogP contribution >= 0.6 is 0 Å². The summed E-state index contributed by atoms with van der Waals surface area (Å²) in [6, 6.07) is 10.3. The zero-order chi connectivity index (χ0) is 24.9. The number of carbonyl (C=O) groups excluding carboxylic acids is 2. The van der Waals surface area contributed by atoms with Crippen molar-refractivity contribution in [3.8, 4) is 11.8 Å². The maximum absolute atomic E-state index is 13.4. The van der Waals surface area contributed by atoms with Crippen molar-refractivity contribution in [2.24, 2.45) is 0 Å². The van der Waals surface area contributed by atoms with Crippen LogP contribution in [0.15, 0.2) is 42.5 Å². The van der Waals surface area contributed by atoms with Gasteiger partial charge in [0.1, 0.15) is 11.8 Å². The molecule has 0 radical (unpaired) electrons. The van der Waals surface area contributed by atoms with Gasteiger partial charge in [-0.15, -0.1) is 0 Å². The van der Waals surface area contributed by atoms with E-state index in [9.17, 15) is 22.8 Å². The number of nitrogens with one attached hydrogen (secondary N) is 2. The minimum atomic E-state index is -4.72. The van der Waals surface area contributed by atoms with Gasteiger partial charge >= 0.3 is 12.2 Å². The number of hydrogen-bond acceptors (Lipinski definition) is 5. The molecule has 8 nitrogen and oxygen atoms in total. The Bertz CT molecular complexity index is 1080. The summed E-state index contributed by atoms with van der Waals surface area (Å²) in [5.74, 6) is 0.214. The quantitative estimate of drug-likeness (QED) is 0.691. The maximum Gasteiger partial charge on any atom is 0.417 e. The van der Waals surface area contributed by atoms with Crippen LogP contribution in [-0.2, 0) is 11.0 Å². The molecule has 1 fully saturated rings. The zero-order valence-corrected chi connectivity index (χ0v) is 18.6. The summed E-state index contributed by atoms with van der Waals surface area (Å²) in [4.78, 5) is 28.3. The molecule has 0 aliphatic carbocycles. The van der Waals surface area contributed by atoms with Crippen LogP contribution in [-0.4, -0.2) is 56.2 Å². The van der Waals surface area contributed by atoms with Crippen molar-refractivity contribution in [3.05, 3.63) is 53.6 Å². The summed E-state index contributed by atoms with van der Waals surface area (Å²) >= 11 is 0. The lowest BCUT2D eigenvalue weighted by molar-refractivity contribution is -0.137. The van der Waals surface area contributed by atoms with Gasteiger partial charge in [-0.2, -0.15) is 18.4 Å². The Labute approximate surface area is 194 Å². The lowest BCUT2D eigenvalue weighted by Crippen LogP contribution is -2.60. The standard InChI is InChI=1S/C23H24F3N5O3/c1-3-34-18-8-5-16(6-9-18)29-22(33)30-10-11-31(20(14-30)21(32)28-2)17-7-4-15(13-27)19(12-17)23(24,25)26/h4-9,12,20H,3,10-11,14H2,1-2H3,(H,28,32)(H,29,33). The molecule has 1 saturated heterocycles. The van der Waals surface area contributed by atoms with E-state index in [1.54, 1.807) is 30.3 Å². The van der Waals surface area contributed by atoms with Crippen LogP contribution in [0.2, 0.25) is 0 Å². The van der Waals surface area contributed by atoms with Crippen LogP contribution in [0.5, 0.6) is 5.75 Å². The third-order valence-electron chi connectivity index (χ3n) is 5.39. The summed E-state index contributed by atoms with van der Waals surface area (Å²) in [7, 11) is 1.42. The molecule has 1 aliphatic heterocycles. The Kier molecular flexibility index (Phi) is 7.50. The molecular weight excluding hydrogens is 451 g/mol. The number of halogens is 3. The lowest BCUT2D eigenvalue weighted by atomic mass is 10.0. The highest BCUT2D eigenvalue weighted by Gasteiger charge is 2.37. The molecule has 1 heterocycles. The number of alkyl halides is 3. The number of benzene rings is 2. The van der Waals surface area contributed by atoms with Crippen molar-refractivity contribution in [1.82, 2.24) is 10.2 Å². The number of nitriles is 1. The largest absolute Gasteiger partial charge is 0.494 e. The van der Waals surface area contributed by atoms with Crippen molar-refractivity contribution in [2.45, 2.75) is 19.1 Å². The molecule has 0 spiro atoms. The first-order valence-corrected chi connectivity index (χ1v) is 10.6. The second-order valence-corrected chi connectivity index (χ2v) is 7.50. The number of ether oxygens (including phenoxy) is 1. The van der Waals surface area contributed by atoms with Gasteiger partial charge in [-0.1, -0.05) is 0 Å². The van der Waals surface area contributed by atoms with Gasteiger partial charge in [0.15, 0.2) is 0 Å². The van der Waals surface area contributed by atoms with E-state index in [0.29, 0.717) is 18.0 Å². The van der Waals surface area contributed by atoms with Gasteiger partial charge in [-0.3, -0.25) is 4.79 Å². The second kappa shape index (κ2) is 10.3. The van der Waals surface area contributed by atoms with Crippen molar-refractivity contribution < 1.29 is 27.5 Å². The molecule has 3 rings (SSSR count). The van der Waals surface area contributed by atoms with Crippen molar-refractivity contribution in [2.75, 3.05) is 43.5 Å². The van der Waals surface area contributed by atoms with E-state index >= 15 is 0 Å². The zero-order valence-electron chi connectivity index (χ0n) is 18.6. The number of hydrogen-bond donors (Lipinski definition) is 2. The Morgan fingerprint density at radius 2 is 1.88 bits per heavy atom. The van der Waals surface area contributed by atoms with E-state index in [1.165, 1.54) is 22.9 Å². The Balaban J connectivity index is 1.79. The molecule has 3 amide bonds. The van der Waals surface area contributed by atoms with E-state index < -0.39 is 35.3 Å². The van der Waals surface area contributed by atoms with Crippen LogP contribution in [0, 0.1) is 11.3 Å². The minimum absolute atomic E-state index is 0.0378. The molecule has 2 aromatic carbocycles. The summed E-state index contributed by atoms with van der Waals surface area (Å²) in [6.07, 6.45) is -4.72. The summed E-state index contributed by atoms with van der Waals surface area (Å²) in [5, 5.41) is 14.3. The number of urea groups is 1. The van der Waals surface area contributed by atoms with Crippen molar-refractivity contribution >= 4 is 23.3 Å². The Morgan fingerprint density at radius 1 is 1.18 bits per heavy atom. The van der Waals surface area contributed by atoms with Gasteiger partial charge in [-0.25, -0.2) is 4.79 Å². The number of amides is 3. The van der Waals surface area contributed by atoms with Crippen LogP contribution in [0.1, 0.15) is 18.1 Å². The van der Waals surface area contributed by atoms with Crippen molar-refractivity contribution in [1.29, 1.82) is 5.26 Å². The van der Waals surface area contributed by atoms with Crippen LogP contribution in [0.3, 0.4) is 0 Å². The van der Waals surface area contributed by atoms with Crippen molar-refractivity contribution in [3.63, 3.8) is 0 Å². The molecule has 180 valence electrons. The number of anilines is 2. The van der Waals surface area contributed by atoms with Crippen LogP contribution in [0.25, 0.3) is 0 Å². The molecule has 1 atom stereocenters. The highest BCUT2D eigenvalue weighted by Crippen LogP contribution is 2.35. The minimum Gasteiger partial charge on any atom is -0.494 e. The fourth-order valence-corrected chi connectivity index (χ4v) is 3.71. The monoisotopic (exact) mass is 475 g/mol. The molecule has 34 heavy (non-hydrogen) atoms.